The molecule has 7 heteroatoms. The van der Waals surface area contributed by atoms with E-state index in [1.165, 1.54) is 12.0 Å². The van der Waals surface area contributed by atoms with Crippen LogP contribution in [-0.2, 0) is 9.59 Å². The van der Waals surface area contributed by atoms with E-state index in [-0.39, 0.29) is 11.3 Å². The Morgan fingerprint density at radius 3 is 2.55 bits per heavy atom. The van der Waals surface area contributed by atoms with Crippen LogP contribution in [0, 0.1) is 0 Å². The molecular formula is C22H23BrN2O4. The SMILES string of the molecule is COc1cccc(C(O)=C2C(=O)C(=O)N(CCN(C)C)[C@H]2c2cccc(Br)c2)c1. The second-order valence-corrected chi connectivity index (χ2v) is 8.00. The van der Waals surface area contributed by atoms with Gasteiger partial charge in [0.15, 0.2) is 0 Å². The van der Waals surface area contributed by atoms with E-state index >= 15 is 0 Å². The third-order valence-corrected chi connectivity index (χ3v) is 5.33. The zero-order valence-corrected chi connectivity index (χ0v) is 18.1. The van der Waals surface area contributed by atoms with Crippen molar-refractivity contribution in [3.05, 3.63) is 69.7 Å². The fraction of sp³-hybridized carbons (Fsp3) is 0.273. The lowest BCUT2D eigenvalue weighted by Gasteiger charge is -2.26. The quantitative estimate of drug-likeness (QED) is 0.407. The fourth-order valence-corrected chi connectivity index (χ4v) is 3.78. The first-order chi connectivity index (χ1) is 13.8. The Bertz CT molecular complexity index is 971. The molecule has 29 heavy (non-hydrogen) atoms. The molecule has 2 aromatic carbocycles. The van der Waals surface area contributed by atoms with Crippen LogP contribution in [0.5, 0.6) is 5.75 Å². The van der Waals surface area contributed by atoms with Gasteiger partial charge in [0.25, 0.3) is 11.7 Å². The summed E-state index contributed by atoms with van der Waals surface area (Å²) in [5.41, 5.74) is 1.26. The van der Waals surface area contributed by atoms with Gasteiger partial charge >= 0.3 is 0 Å². The van der Waals surface area contributed by atoms with Gasteiger partial charge in [0.05, 0.1) is 18.7 Å². The fourth-order valence-electron chi connectivity index (χ4n) is 3.37. The van der Waals surface area contributed by atoms with Crippen molar-refractivity contribution in [1.29, 1.82) is 0 Å². The normalized spacial score (nSPS) is 18.5. The van der Waals surface area contributed by atoms with Crippen molar-refractivity contribution in [2.45, 2.75) is 6.04 Å². The van der Waals surface area contributed by atoms with Gasteiger partial charge in [-0.2, -0.15) is 0 Å². The van der Waals surface area contributed by atoms with Gasteiger partial charge in [-0.25, -0.2) is 0 Å². The third kappa shape index (κ3) is 4.36. The molecule has 0 saturated carbocycles. The van der Waals surface area contributed by atoms with Gasteiger partial charge in [-0.1, -0.05) is 40.2 Å². The molecule has 1 amide bonds. The van der Waals surface area contributed by atoms with E-state index in [4.69, 9.17) is 4.74 Å². The summed E-state index contributed by atoms with van der Waals surface area (Å²) in [6.07, 6.45) is 0. The number of amides is 1. The lowest BCUT2D eigenvalue weighted by Crippen LogP contribution is -2.35. The zero-order valence-electron chi connectivity index (χ0n) is 16.6. The molecule has 0 radical (unpaired) electrons. The number of carbonyl (C=O) groups excluding carboxylic acids is 2. The minimum atomic E-state index is -0.686. The maximum atomic E-state index is 12.9. The molecule has 0 aromatic heterocycles. The smallest absolute Gasteiger partial charge is 0.295 e. The molecule has 1 aliphatic rings. The van der Waals surface area contributed by atoms with Crippen LogP contribution in [0.3, 0.4) is 0 Å². The number of hydrogen-bond donors (Lipinski definition) is 1. The number of rotatable bonds is 6. The second-order valence-electron chi connectivity index (χ2n) is 7.08. The number of aliphatic hydroxyl groups is 1. The number of likely N-dealkylation sites (tertiary alicyclic amines) is 1. The monoisotopic (exact) mass is 458 g/mol. The number of ketones is 1. The lowest BCUT2D eigenvalue weighted by molar-refractivity contribution is -0.140. The highest BCUT2D eigenvalue weighted by molar-refractivity contribution is 9.10. The van der Waals surface area contributed by atoms with Gasteiger partial charge in [0.1, 0.15) is 11.5 Å². The number of likely N-dealkylation sites (N-methyl/N-ethyl adjacent to an activating group) is 1. The number of nitrogens with zero attached hydrogens (tertiary/aromatic N) is 2. The number of aliphatic hydroxyl groups excluding tert-OH is 1. The first-order valence-electron chi connectivity index (χ1n) is 9.16. The molecule has 3 rings (SSSR count). The highest BCUT2D eigenvalue weighted by Gasteiger charge is 2.45. The van der Waals surface area contributed by atoms with Crippen molar-refractivity contribution < 1.29 is 19.4 Å². The van der Waals surface area contributed by atoms with Crippen molar-refractivity contribution in [2.24, 2.45) is 0 Å². The van der Waals surface area contributed by atoms with Gasteiger partial charge in [-0.05, 0) is 43.9 Å². The van der Waals surface area contributed by atoms with E-state index in [9.17, 15) is 14.7 Å². The Hall–Kier alpha value is -2.64. The van der Waals surface area contributed by atoms with Crippen LogP contribution in [0.1, 0.15) is 17.2 Å². The summed E-state index contributed by atoms with van der Waals surface area (Å²) in [5.74, 6) is -0.954. The Labute approximate surface area is 178 Å². The molecule has 1 atom stereocenters. The Morgan fingerprint density at radius 2 is 1.90 bits per heavy atom. The Kier molecular flexibility index (Phi) is 6.39. The molecule has 1 N–H and O–H groups in total. The van der Waals surface area contributed by atoms with Crippen LogP contribution >= 0.6 is 15.9 Å². The van der Waals surface area contributed by atoms with Crippen molar-refractivity contribution in [3.63, 3.8) is 0 Å². The third-order valence-electron chi connectivity index (χ3n) is 4.84. The standard InChI is InChI=1S/C22H23BrN2O4/c1-24(2)10-11-25-19(14-6-4-8-16(23)12-14)18(21(27)22(25)28)20(26)15-7-5-9-17(13-15)29-3/h4-9,12-13,19,26H,10-11H2,1-3H3/t19-/m0/s1. The molecule has 1 saturated heterocycles. The van der Waals surface area contributed by atoms with Gasteiger partial charge in [-0.15, -0.1) is 0 Å². The number of halogens is 1. The molecule has 1 heterocycles. The summed E-state index contributed by atoms with van der Waals surface area (Å²) in [6.45, 7) is 0.959. The van der Waals surface area contributed by atoms with Crippen LogP contribution in [0.2, 0.25) is 0 Å². The summed E-state index contributed by atoms with van der Waals surface area (Å²) in [7, 11) is 5.34. The van der Waals surface area contributed by atoms with E-state index < -0.39 is 17.7 Å². The number of Topliss-reactive ketones (excluding diaryl/α,β-unsaturated/α-hetero) is 1. The number of methoxy groups -OCH3 is 1. The summed E-state index contributed by atoms with van der Waals surface area (Å²) < 4.78 is 6.05. The van der Waals surface area contributed by atoms with Crippen molar-refractivity contribution in [2.75, 3.05) is 34.3 Å². The molecule has 152 valence electrons. The molecule has 1 fully saturated rings. The summed E-state index contributed by atoms with van der Waals surface area (Å²) in [6, 6.07) is 13.6. The second kappa shape index (κ2) is 8.80. The molecule has 0 aliphatic carbocycles. The molecule has 0 unspecified atom stereocenters. The van der Waals surface area contributed by atoms with Crippen molar-refractivity contribution >= 4 is 33.4 Å². The lowest BCUT2D eigenvalue weighted by atomic mass is 9.95. The van der Waals surface area contributed by atoms with E-state index in [1.54, 1.807) is 24.3 Å². The highest BCUT2D eigenvalue weighted by Crippen LogP contribution is 2.40. The number of ether oxygens (including phenoxy) is 1. The first kappa shape index (κ1) is 21.1. The predicted octanol–water partition coefficient (Wildman–Crippen LogP) is 3.44. The zero-order chi connectivity index (χ0) is 21.1. The van der Waals surface area contributed by atoms with Gasteiger partial charge in [0.2, 0.25) is 0 Å². The first-order valence-corrected chi connectivity index (χ1v) is 9.95. The van der Waals surface area contributed by atoms with E-state index in [1.807, 2.05) is 43.3 Å². The molecule has 1 aliphatic heterocycles. The van der Waals surface area contributed by atoms with Crippen LogP contribution in [-0.4, -0.2) is 60.9 Å². The average molecular weight is 459 g/mol. The minimum absolute atomic E-state index is 0.0834. The van der Waals surface area contributed by atoms with Gasteiger partial charge in [0, 0.05) is 23.1 Å². The summed E-state index contributed by atoms with van der Waals surface area (Å²) in [4.78, 5) is 29.2. The van der Waals surface area contributed by atoms with Crippen LogP contribution in [0.25, 0.3) is 5.76 Å². The molecular weight excluding hydrogens is 436 g/mol. The largest absolute Gasteiger partial charge is 0.507 e. The Morgan fingerprint density at radius 1 is 1.17 bits per heavy atom. The van der Waals surface area contributed by atoms with Crippen LogP contribution in [0.4, 0.5) is 0 Å². The Balaban J connectivity index is 2.16. The molecule has 0 spiro atoms. The van der Waals surface area contributed by atoms with E-state index in [0.717, 1.165) is 10.0 Å². The molecule has 6 nitrogen and oxygen atoms in total. The maximum absolute atomic E-state index is 12.9. The number of benzene rings is 2. The predicted molar refractivity (Wildman–Crippen MR) is 115 cm³/mol. The number of hydrogen-bond acceptors (Lipinski definition) is 5. The molecule has 0 bridgehead atoms. The highest BCUT2D eigenvalue weighted by atomic mass is 79.9. The van der Waals surface area contributed by atoms with Crippen molar-refractivity contribution in [3.8, 4) is 5.75 Å². The van der Waals surface area contributed by atoms with Crippen LogP contribution < -0.4 is 4.74 Å². The van der Waals surface area contributed by atoms with E-state index in [0.29, 0.717) is 24.4 Å². The summed E-state index contributed by atoms with van der Waals surface area (Å²) >= 11 is 3.45. The van der Waals surface area contributed by atoms with Crippen molar-refractivity contribution in [1.82, 2.24) is 9.80 Å². The summed E-state index contributed by atoms with van der Waals surface area (Å²) in [5, 5.41) is 11.0. The molecule has 2 aromatic rings. The maximum Gasteiger partial charge on any atom is 0.295 e. The van der Waals surface area contributed by atoms with E-state index in [2.05, 4.69) is 15.9 Å². The number of carbonyl (C=O) groups is 2. The topological polar surface area (TPSA) is 70.1 Å². The van der Waals surface area contributed by atoms with Crippen LogP contribution in [0.15, 0.2) is 58.6 Å². The minimum Gasteiger partial charge on any atom is -0.507 e. The average Bonchev–Trinajstić information content (AvgIpc) is 2.96. The van der Waals surface area contributed by atoms with Gasteiger partial charge in [-0.3, -0.25) is 9.59 Å². The van der Waals surface area contributed by atoms with Gasteiger partial charge < -0.3 is 19.6 Å².